The second-order valence-corrected chi connectivity index (χ2v) is 17.3. The largest absolute Gasteiger partial charge is 0.459 e. The number of methoxy groups -OCH3 is 2. The molecule has 3 heterocycles. The van der Waals surface area contributed by atoms with Crippen LogP contribution in [0.25, 0.3) is 0 Å². The van der Waals surface area contributed by atoms with Gasteiger partial charge in [-0.2, -0.15) is 0 Å². The maximum Gasteiger partial charge on any atom is 0.311 e. The molecule has 53 heavy (non-hydrogen) atoms. The number of aliphatic hydroxyl groups is 3. The van der Waals surface area contributed by atoms with Gasteiger partial charge in [-0.1, -0.05) is 34.6 Å². The zero-order valence-corrected chi connectivity index (χ0v) is 35.5. The van der Waals surface area contributed by atoms with Crippen LogP contribution in [0.5, 0.6) is 0 Å². The normalized spacial score (nSPS) is 49.1. The molecule has 3 aliphatic rings. The Balaban J connectivity index is 2.23. The van der Waals surface area contributed by atoms with Crippen molar-refractivity contribution in [2.75, 3.05) is 35.4 Å². The molecule has 310 valence electrons. The van der Waals surface area contributed by atoms with Gasteiger partial charge in [-0.25, -0.2) is 0 Å². The highest BCUT2D eigenvalue weighted by Crippen LogP contribution is 2.42. The number of carbonyl (C=O) groups excluding carboxylic acids is 1. The molecule has 0 saturated carbocycles. The van der Waals surface area contributed by atoms with Crippen LogP contribution in [0.2, 0.25) is 0 Å². The van der Waals surface area contributed by atoms with Gasteiger partial charge in [0.05, 0.1) is 47.6 Å². The van der Waals surface area contributed by atoms with Gasteiger partial charge in [-0.3, -0.25) is 9.79 Å². The Bertz CT molecular complexity index is 1220. The lowest BCUT2D eigenvalue weighted by molar-refractivity contribution is -0.315. The molecule has 0 aromatic carbocycles. The molecule has 3 N–H and O–H groups in total. The second kappa shape index (κ2) is 18.3. The number of hydrogen-bond donors (Lipinski definition) is 3. The van der Waals surface area contributed by atoms with Crippen LogP contribution in [-0.4, -0.2) is 145 Å². The van der Waals surface area contributed by atoms with Crippen LogP contribution >= 0.6 is 0 Å². The zero-order chi connectivity index (χ0) is 40.4. The highest BCUT2D eigenvalue weighted by molar-refractivity contribution is 5.89. The van der Waals surface area contributed by atoms with Crippen molar-refractivity contribution in [1.29, 1.82) is 0 Å². The van der Waals surface area contributed by atoms with E-state index in [1.807, 2.05) is 48.7 Å². The summed E-state index contributed by atoms with van der Waals surface area (Å²) in [4.78, 5) is 20.9. The number of carbonyl (C=O) groups is 1. The molecule has 0 bridgehead atoms. The van der Waals surface area contributed by atoms with E-state index in [0.29, 0.717) is 12.1 Å². The SMILES string of the molecule is CC[C@H]1OC(=O)[C@H](C)[C@@H](O[C@H]2C[C@@](C)(OC)[C@@H](C)[C@H](C)O2)[C@H](C)[C@@H](O[C@@H]2O[C@H](C)C[C@H](N(C)C)[C@H]2OC)[C@](C)(O)C[C@@H](C)/C(=N\C)[C@H](C)[C@@H](O)[C@]1(C)O. The summed E-state index contributed by atoms with van der Waals surface area (Å²) in [6.45, 7) is 20.4. The van der Waals surface area contributed by atoms with Crippen molar-refractivity contribution in [3.8, 4) is 0 Å². The molecule has 0 unspecified atom stereocenters. The molecule has 3 rings (SSSR count). The van der Waals surface area contributed by atoms with Crippen LogP contribution in [0.4, 0.5) is 0 Å². The maximum atomic E-state index is 14.3. The summed E-state index contributed by atoms with van der Waals surface area (Å²) < 4.78 is 44.8. The van der Waals surface area contributed by atoms with Crippen molar-refractivity contribution < 1.29 is 53.3 Å². The first-order valence-electron chi connectivity index (χ1n) is 19.7. The summed E-state index contributed by atoms with van der Waals surface area (Å²) in [6.07, 6.45) is -5.22. The minimum Gasteiger partial charge on any atom is -0.459 e. The molecule has 13 nitrogen and oxygen atoms in total. The minimum atomic E-state index is -1.81. The molecule has 0 aromatic heterocycles. The van der Waals surface area contributed by atoms with Gasteiger partial charge in [0, 0.05) is 57.2 Å². The highest BCUT2D eigenvalue weighted by atomic mass is 16.7. The number of aliphatic imine (C=N–C) groups is 1. The van der Waals surface area contributed by atoms with Gasteiger partial charge >= 0.3 is 5.97 Å². The van der Waals surface area contributed by atoms with Gasteiger partial charge < -0.3 is 53.4 Å². The van der Waals surface area contributed by atoms with Crippen LogP contribution < -0.4 is 0 Å². The fourth-order valence-electron chi connectivity index (χ4n) is 9.26. The van der Waals surface area contributed by atoms with Crippen molar-refractivity contribution in [2.45, 2.75) is 180 Å². The molecule has 13 heteroatoms. The highest BCUT2D eigenvalue weighted by Gasteiger charge is 2.53. The Morgan fingerprint density at radius 2 is 1.55 bits per heavy atom. The smallest absolute Gasteiger partial charge is 0.311 e. The van der Waals surface area contributed by atoms with E-state index in [0.717, 1.165) is 6.42 Å². The van der Waals surface area contributed by atoms with Crippen LogP contribution in [0.15, 0.2) is 4.99 Å². The number of cyclic esters (lactones) is 1. The first-order valence-corrected chi connectivity index (χ1v) is 19.7. The molecule has 3 saturated heterocycles. The molecule has 0 spiro atoms. The van der Waals surface area contributed by atoms with Crippen molar-refractivity contribution >= 4 is 11.7 Å². The predicted octanol–water partition coefficient (Wildman–Crippen LogP) is 4.22. The Morgan fingerprint density at radius 1 is 0.925 bits per heavy atom. The molecule has 3 fully saturated rings. The predicted molar refractivity (Wildman–Crippen MR) is 203 cm³/mol. The number of likely N-dealkylation sites (N-methyl/N-ethyl adjacent to an activating group) is 1. The number of ether oxygens (including phenoxy) is 7. The van der Waals surface area contributed by atoms with E-state index in [9.17, 15) is 20.1 Å². The topological polar surface area (TPSA) is 158 Å². The van der Waals surface area contributed by atoms with Gasteiger partial charge in [0.2, 0.25) is 0 Å². The number of aliphatic hydroxyl groups excluding tert-OH is 1. The lowest BCUT2D eigenvalue weighted by Gasteiger charge is -2.50. The number of hydrogen-bond acceptors (Lipinski definition) is 13. The maximum absolute atomic E-state index is 14.3. The van der Waals surface area contributed by atoms with E-state index in [-0.39, 0.29) is 42.9 Å². The van der Waals surface area contributed by atoms with Crippen LogP contribution in [0.3, 0.4) is 0 Å². The van der Waals surface area contributed by atoms with Crippen molar-refractivity contribution in [2.24, 2.45) is 34.6 Å². The monoisotopic (exact) mass is 759 g/mol. The standard InChI is InChI=1S/C40H74N2O11/c1-17-29-40(11,46)34(43)23(4)31(41-12)21(2)19-38(9,45)35(53-37-33(47-15)28(42(13)14)18-22(3)49-37)24(5)32(25(6)36(44)51-29)52-30-20-39(10,48-16)26(7)27(8)50-30/h21-30,32-35,37,43,45-46H,17-20H2,1-16H3/b41-31+/t21-,22-,23+,24+,25-,26+,27+,28+,29-,30+,32+,33-,34-,35-,37+,38-,39-,40-/m1/s1. The molecule has 0 radical (unpaired) electrons. The Kier molecular flexibility index (Phi) is 16.0. The number of nitrogens with zero attached hydrogens (tertiary/aromatic N) is 2. The Hall–Kier alpha value is -1.26. The Morgan fingerprint density at radius 3 is 2.08 bits per heavy atom. The quantitative estimate of drug-likeness (QED) is 0.304. The van der Waals surface area contributed by atoms with E-state index < -0.39 is 83.6 Å². The summed E-state index contributed by atoms with van der Waals surface area (Å²) in [6, 6.07) is -0.0295. The third-order valence-electron chi connectivity index (χ3n) is 13.0. The van der Waals surface area contributed by atoms with Crippen molar-refractivity contribution in [1.82, 2.24) is 4.90 Å². The minimum absolute atomic E-state index is 0.0295. The fraction of sp³-hybridized carbons (Fsp3) is 0.950. The first kappa shape index (κ1) is 46.1. The second-order valence-electron chi connectivity index (χ2n) is 17.3. The van der Waals surface area contributed by atoms with Crippen molar-refractivity contribution in [3.63, 3.8) is 0 Å². The Labute approximate surface area is 319 Å². The third kappa shape index (κ3) is 10.0. The van der Waals surface area contributed by atoms with E-state index in [2.05, 4.69) is 16.8 Å². The summed E-state index contributed by atoms with van der Waals surface area (Å²) in [5.74, 6) is -3.14. The van der Waals surface area contributed by atoms with Gasteiger partial charge in [-0.05, 0) is 80.8 Å². The van der Waals surface area contributed by atoms with Crippen LogP contribution in [0, 0.1) is 29.6 Å². The average Bonchev–Trinajstić information content (AvgIpc) is 3.08. The van der Waals surface area contributed by atoms with Crippen LogP contribution in [-0.2, 0) is 38.0 Å². The van der Waals surface area contributed by atoms with E-state index >= 15 is 0 Å². The molecular formula is C40H74N2O11. The zero-order valence-electron chi connectivity index (χ0n) is 35.5. The lowest BCUT2D eigenvalue weighted by Crippen LogP contribution is -2.61. The molecular weight excluding hydrogens is 684 g/mol. The average molecular weight is 759 g/mol. The van der Waals surface area contributed by atoms with E-state index in [1.165, 1.54) is 6.92 Å². The molecule has 18 atom stereocenters. The molecule has 3 aliphatic heterocycles. The molecule has 0 aliphatic carbocycles. The summed E-state index contributed by atoms with van der Waals surface area (Å²) in [5, 5.41) is 36.2. The summed E-state index contributed by atoms with van der Waals surface area (Å²) >= 11 is 0. The van der Waals surface area contributed by atoms with Gasteiger partial charge in [-0.15, -0.1) is 0 Å². The van der Waals surface area contributed by atoms with E-state index in [1.54, 1.807) is 49.0 Å². The van der Waals surface area contributed by atoms with Gasteiger partial charge in [0.15, 0.2) is 12.6 Å². The fourth-order valence-corrected chi connectivity index (χ4v) is 9.26. The van der Waals surface area contributed by atoms with E-state index in [4.69, 9.17) is 33.2 Å². The lowest BCUT2D eigenvalue weighted by atomic mass is 9.73. The first-order chi connectivity index (χ1) is 24.5. The third-order valence-corrected chi connectivity index (χ3v) is 13.0. The summed E-state index contributed by atoms with van der Waals surface area (Å²) in [5.41, 5.74) is -3.34. The molecule has 0 aromatic rings. The van der Waals surface area contributed by atoms with Gasteiger partial charge in [0.25, 0.3) is 0 Å². The van der Waals surface area contributed by atoms with Gasteiger partial charge in [0.1, 0.15) is 17.8 Å². The van der Waals surface area contributed by atoms with Crippen LogP contribution in [0.1, 0.15) is 102 Å². The number of esters is 1. The summed E-state index contributed by atoms with van der Waals surface area (Å²) in [7, 11) is 8.93. The molecule has 0 amide bonds. The van der Waals surface area contributed by atoms with Crippen molar-refractivity contribution in [3.05, 3.63) is 0 Å². The number of rotatable bonds is 8.